The largest absolute Gasteiger partial charge is 0.481 e. The number of piperazine rings is 1. The van der Waals surface area contributed by atoms with Gasteiger partial charge in [-0.2, -0.15) is 4.98 Å². The van der Waals surface area contributed by atoms with Crippen LogP contribution in [0.2, 0.25) is 0 Å². The van der Waals surface area contributed by atoms with E-state index in [9.17, 15) is 0 Å². The number of aromatic nitrogens is 2. The van der Waals surface area contributed by atoms with Crippen LogP contribution < -0.4 is 14.5 Å². The molecule has 0 atom stereocenters. The predicted octanol–water partition coefficient (Wildman–Crippen LogP) is 1.81. The van der Waals surface area contributed by atoms with Gasteiger partial charge in [0.2, 0.25) is 11.8 Å². The zero-order valence-electron chi connectivity index (χ0n) is 11.6. The molecular formula is C15H18N4O. The van der Waals surface area contributed by atoms with Gasteiger partial charge in [-0.25, -0.2) is 4.98 Å². The maximum absolute atomic E-state index is 5.15. The van der Waals surface area contributed by atoms with Gasteiger partial charge in [0.15, 0.2) is 0 Å². The molecule has 1 aromatic heterocycles. The number of rotatable bonds is 3. The van der Waals surface area contributed by atoms with Crippen molar-refractivity contribution in [3.05, 3.63) is 42.6 Å². The van der Waals surface area contributed by atoms with Crippen LogP contribution in [0.15, 0.2) is 42.6 Å². The van der Waals surface area contributed by atoms with Crippen LogP contribution in [0.25, 0.3) is 0 Å². The summed E-state index contributed by atoms with van der Waals surface area (Å²) in [5.41, 5.74) is 1.28. The van der Waals surface area contributed by atoms with Crippen molar-refractivity contribution in [1.82, 2.24) is 9.97 Å². The molecule has 1 aliphatic heterocycles. The van der Waals surface area contributed by atoms with Gasteiger partial charge in [-0.1, -0.05) is 18.2 Å². The number of ether oxygens (including phenoxy) is 1. The Labute approximate surface area is 118 Å². The molecule has 2 heterocycles. The fraction of sp³-hybridized carbons (Fsp3) is 0.333. The smallest absolute Gasteiger partial charge is 0.228 e. The third-order valence-electron chi connectivity index (χ3n) is 3.51. The lowest BCUT2D eigenvalue weighted by Crippen LogP contribution is -2.47. The quantitative estimate of drug-likeness (QED) is 0.851. The number of hydrogen-bond donors (Lipinski definition) is 0. The van der Waals surface area contributed by atoms with Crippen LogP contribution >= 0.6 is 0 Å². The van der Waals surface area contributed by atoms with Crippen molar-refractivity contribution < 1.29 is 4.74 Å². The zero-order valence-corrected chi connectivity index (χ0v) is 11.6. The standard InChI is InChI=1S/C15H18N4O/c1-20-14-7-8-16-15(17-14)19-11-9-18(10-12-19)13-5-3-2-4-6-13/h2-8H,9-12H2,1H3. The molecule has 0 aliphatic carbocycles. The van der Waals surface area contributed by atoms with Gasteiger partial charge in [0.25, 0.3) is 0 Å². The normalized spacial score (nSPS) is 15.2. The molecule has 20 heavy (non-hydrogen) atoms. The van der Waals surface area contributed by atoms with Crippen molar-refractivity contribution in [1.29, 1.82) is 0 Å². The van der Waals surface area contributed by atoms with Gasteiger partial charge < -0.3 is 14.5 Å². The first-order valence-electron chi connectivity index (χ1n) is 6.79. The van der Waals surface area contributed by atoms with E-state index < -0.39 is 0 Å². The Morgan fingerprint density at radius 3 is 2.35 bits per heavy atom. The maximum atomic E-state index is 5.15. The second-order valence-electron chi connectivity index (χ2n) is 4.71. The zero-order chi connectivity index (χ0) is 13.8. The molecule has 5 heteroatoms. The van der Waals surface area contributed by atoms with Crippen LogP contribution in [0.4, 0.5) is 11.6 Å². The molecule has 0 bridgehead atoms. The number of nitrogens with zero attached hydrogens (tertiary/aromatic N) is 4. The first kappa shape index (κ1) is 12.7. The van der Waals surface area contributed by atoms with E-state index in [4.69, 9.17) is 4.74 Å². The highest BCUT2D eigenvalue weighted by Crippen LogP contribution is 2.18. The molecule has 1 aromatic carbocycles. The van der Waals surface area contributed by atoms with Gasteiger partial charge in [0.1, 0.15) is 0 Å². The Morgan fingerprint density at radius 1 is 0.950 bits per heavy atom. The number of anilines is 2. The molecule has 0 N–H and O–H groups in total. The fourth-order valence-corrected chi connectivity index (χ4v) is 2.40. The van der Waals surface area contributed by atoms with E-state index >= 15 is 0 Å². The minimum Gasteiger partial charge on any atom is -0.481 e. The Kier molecular flexibility index (Phi) is 3.67. The molecule has 0 amide bonds. The highest BCUT2D eigenvalue weighted by atomic mass is 16.5. The summed E-state index contributed by atoms with van der Waals surface area (Å²) in [5, 5.41) is 0. The first-order valence-corrected chi connectivity index (χ1v) is 6.79. The summed E-state index contributed by atoms with van der Waals surface area (Å²) in [7, 11) is 1.62. The third kappa shape index (κ3) is 2.66. The van der Waals surface area contributed by atoms with Gasteiger partial charge in [0.05, 0.1) is 7.11 Å². The maximum Gasteiger partial charge on any atom is 0.228 e. The van der Waals surface area contributed by atoms with Crippen molar-refractivity contribution in [3.63, 3.8) is 0 Å². The minimum absolute atomic E-state index is 0.612. The highest BCUT2D eigenvalue weighted by Gasteiger charge is 2.19. The van der Waals surface area contributed by atoms with Gasteiger partial charge in [-0.15, -0.1) is 0 Å². The van der Waals surface area contributed by atoms with Crippen LogP contribution in [-0.2, 0) is 0 Å². The van der Waals surface area contributed by atoms with Gasteiger partial charge in [-0.05, 0) is 12.1 Å². The molecule has 0 saturated carbocycles. The summed E-state index contributed by atoms with van der Waals surface area (Å²) >= 11 is 0. The number of benzene rings is 1. The van der Waals surface area contributed by atoms with E-state index in [1.54, 1.807) is 19.4 Å². The lowest BCUT2D eigenvalue weighted by molar-refractivity contribution is 0.396. The molecule has 0 spiro atoms. The van der Waals surface area contributed by atoms with Crippen LogP contribution in [0.3, 0.4) is 0 Å². The Hall–Kier alpha value is -2.30. The fourth-order valence-electron chi connectivity index (χ4n) is 2.40. The van der Waals surface area contributed by atoms with Gasteiger partial charge in [0, 0.05) is 44.1 Å². The summed E-state index contributed by atoms with van der Waals surface area (Å²) in [6.45, 7) is 3.79. The van der Waals surface area contributed by atoms with Crippen molar-refractivity contribution in [2.24, 2.45) is 0 Å². The van der Waals surface area contributed by atoms with Crippen LogP contribution in [0, 0.1) is 0 Å². The third-order valence-corrected chi connectivity index (χ3v) is 3.51. The molecule has 1 fully saturated rings. The predicted molar refractivity (Wildman–Crippen MR) is 79.5 cm³/mol. The van der Waals surface area contributed by atoms with E-state index in [1.165, 1.54) is 5.69 Å². The Balaban J connectivity index is 1.66. The molecule has 3 rings (SSSR count). The van der Waals surface area contributed by atoms with Crippen LogP contribution in [-0.4, -0.2) is 43.3 Å². The van der Waals surface area contributed by atoms with E-state index in [0.29, 0.717) is 5.88 Å². The first-order chi connectivity index (χ1) is 9.86. The average Bonchev–Trinajstić information content (AvgIpc) is 2.56. The van der Waals surface area contributed by atoms with E-state index in [2.05, 4.69) is 44.0 Å². The highest BCUT2D eigenvalue weighted by molar-refractivity contribution is 5.48. The van der Waals surface area contributed by atoms with E-state index in [0.717, 1.165) is 32.1 Å². The molecule has 1 aliphatic rings. The summed E-state index contributed by atoms with van der Waals surface area (Å²) < 4.78 is 5.15. The lowest BCUT2D eigenvalue weighted by atomic mass is 10.2. The van der Waals surface area contributed by atoms with Gasteiger partial charge >= 0.3 is 0 Å². The number of methoxy groups -OCH3 is 1. The average molecular weight is 270 g/mol. The monoisotopic (exact) mass is 270 g/mol. The molecule has 5 nitrogen and oxygen atoms in total. The van der Waals surface area contributed by atoms with Crippen molar-refractivity contribution in [2.75, 3.05) is 43.1 Å². The van der Waals surface area contributed by atoms with Crippen molar-refractivity contribution in [2.45, 2.75) is 0 Å². The van der Waals surface area contributed by atoms with Crippen LogP contribution in [0.1, 0.15) is 0 Å². The van der Waals surface area contributed by atoms with E-state index in [-0.39, 0.29) is 0 Å². The molecular weight excluding hydrogens is 252 g/mol. The SMILES string of the molecule is COc1ccnc(N2CCN(c3ccccc3)CC2)n1. The van der Waals surface area contributed by atoms with Crippen molar-refractivity contribution in [3.8, 4) is 5.88 Å². The molecule has 1 saturated heterocycles. The van der Waals surface area contributed by atoms with Gasteiger partial charge in [-0.3, -0.25) is 0 Å². The Morgan fingerprint density at radius 2 is 1.65 bits per heavy atom. The van der Waals surface area contributed by atoms with Crippen LogP contribution in [0.5, 0.6) is 5.88 Å². The van der Waals surface area contributed by atoms with E-state index in [1.807, 2.05) is 6.07 Å². The topological polar surface area (TPSA) is 41.5 Å². The minimum atomic E-state index is 0.612. The number of para-hydroxylation sites is 1. The molecule has 0 unspecified atom stereocenters. The lowest BCUT2D eigenvalue weighted by Gasteiger charge is -2.36. The second kappa shape index (κ2) is 5.77. The van der Waals surface area contributed by atoms with Crippen molar-refractivity contribution >= 4 is 11.6 Å². The molecule has 2 aromatic rings. The summed E-state index contributed by atoms with van der Waals surface area (Å²) in [5.74, 6) is 1.36. The molecule has 104 valence electrons. The number of hydrogen-bond acceptors (Lipinski definition) is 5. The second-order valence-corrected chi connectivity index (χ2v) is 4.71. The Bertz CT molecular complexity index is 553. The summed E-state index contributed by atoms with van der Waals surface area (Å²) in [6, 6.07) is 12.3. The molecule has 0 radical (unpaired) electrons. The summed E-state index contributed by atoms with van der Waals surface area (Å²) in [4.78, 5) is 13.3. The summed E-state index contributed by atoms with van der Waals surface area (Å²) in [6.07, 6.45) is 1.74.